The number of aromatic nitrogens is 2. The lowest BCUT2D eigenvalue weighted by molar-refractivity contribution is -0.274. The van der Waals surface area contributed by atoms with E-state index in [1.807, 2.05) is 0 Å². The van der Waals surface area contributed by atoms with Crippen molar-refractivity contribution in [2.75, 3.05) is 13.1 Å². The van der Waals surface area contributed by atoms with Crippen LogP contribution in [0.4, 0.5) is 13.2 Å². The third kappa shape index (κ3) is 4.19. The largest absolute Gasteiger partial charge is 0.573 e. The van der Waals surface area contributed by atoms with E-state index in [1.54, 1.807) is 29.1 Å². The minimum Gasteiger partial charge on any atom is -0.406 e. The van der Waals surface area contributed by atoms with E-state index in [0.29, 0.717) is 6.54 Å². The highest BCUT2D eigenvalue weighted by Gasteiger charge is 2.31. The van der Waals surface area contributed by atoms with Gasteiger partial charge in [0, 0.05) is 38.1 Å². The number of aromatic amines is 1. The average molecular weight is 341 g/mol. The molecule has 0 aliphatic carbocycles. The molecule has 1 saturated heterocycles. The molecular weight excluding hydrogens is 323 g/mol. The van der Waals surface area contributed by atoms with Crippen LogP contribution in [0.2, 0.25) is 0 Å². The molecule has 1 fully saturated rings. The van der Waals surface area contributed by atoms with E-state index >= 15 is 0 Å². The number of ether oxygens (including phenoxy) is 1. The van der Waals surface area contributed by atoms with Crippen molar-refractivity contribution in [1.82, 2.24) is 14.5 Å². The monoisotopic (exact) mass is 341 g/mol. The first-order valence-electron chi connectivity index (χ1n) is 7.73. The van der Waals surface area contributed by atoms with Gasteiger partial charge in [-0.3, -0.25) is 9.47 Å². The number of hydrogen-bond donors (Lipinski definition) is 1. The van der Waals surface area contributed by atoms with Gasteiger partial charge in [0.15, 0.2) is 0 Å². The molecule has 24 heavy (non-hydrogen) atoms. The molecule has 1 aliphatic rings. The van der Waals surface area contributed by atoms with Crippen molar-refractivity contribution in [2.45, 2.75) is 31.8 Å². The first-order valence-corrected chi connectivity index (χ1v) is 7.73. The molecule has 130 valence electrons. The predicted molar refractivity (Wildman–Crippen MR) is 81.7 cm³/mol. The number of rotatable bonds is 4. The van der Waals surface area contributed by atoms with Crippen molar-refractivity contribution in [3.05, 3.63) is 52.7 Å². The highest BCUT2D eigenvalue weighted by Crippen LogP contribution is 2.25. The molecule has 0 bridgehead atoms. The SMILES string of the molecule is O=c1[nH]ccn1C1CCN(Cc2ccc(OC(F)(F)F)cc2)CC1. The maximum Gasteiger partial charge on any atom is 0.573 e. The van der Waals surface area contributed by atoms with E-state index in [-0.39, 0.29) is 17.5 Å². The molecule has 0 amide bonds. The summed E-state index contributed by atoms with van der Waals surface area (Å²) in [6, 6.07) is 6.14. The van der Waals surface area contributed by atoms with E-state index in [4.69, 9.17) is 0 Å². The van der Waals surface area contributed by atoms with Crippen molar-refractivity contribution >= 4 is 0 Å². The maximum atomic E-state index is 12.1. The van der Waals surface area contributed by atoms with Gasteiger partial charge in [0.2, 0.25) is 0 Å². The third-order valence-corrected chi connectivity index (χ3v) is 4.19. The van der Waals surface area contributed by atoms with Crippen molar-refractivity contribution in [1.29, 1.82) is 0 Å². The Morgan fingerprint density at radius 1 is 1.17 bits per heavy atom. The van der Waals surface area contributed by atoms with Crippen molar-refractivity contribution in [3.8, 4) is 5.75 Å². The number of halogens is 3. The number of H-pyrrole nitrogens is 1. The van der Waals surface area contributed by atoms with Gasteiger partial charge in [-0.05, 0) is 30.5 Å². The van der Waals surface area contributed by atoms with Crippen LogP contribution in [-0.4, -0.2) is 33.9 Å². The molecule has 0 radical (unpaired) electrons. The first-order chi connectivity index (χ1) is 11.4. The molecule has 0 unspecified atom stereocenters. The molecule has 1 aromatic heterocycles. The lowest BCUT2D eigenvalue weighted by atomic mass is 10.0. The molecule has 3 rings (SSSR count). The fraction of sp³-hybridized carbons (Fsp3) is 0.438. The number of hydrogen-bond acceptors (Lipinski definition) is 3. The Kier molecular flexibility index (Phi) is 4.66. The first kappa shape index (κ1) is 16.6. The quantitative estimate of drug-likeness (QED) is 0.930. The highest BCUT2D eigenvalue weighted by molar-refractivity contribution is 5.27. The average Bonchev–Trinajstić information content (AvgIpc) is 2.95. The van der Waals surface area contributed by atoms with E-state index in [9.17, 15) is 18.0 Å². The summed E-state index contributed by atoms with van der Waals surface area (Å²) in [5, 5.41) is 0. The van der Waals surface area contributed by atoms with Crippen LogP contribution in [0.3, 0.4) is 0 Å². The van der Waals surface area contributed by atoms with Crippen LogP contribution in [0.5, 0.6) is 5.75 Å². The molecule has 5 nitrogen and oxygen atoms in total. The Labute approximate surface area is 136 Å². The number of piperidine rings is 1. The Hall–Kier alpha value is -2.22. The predicted octanol–water partition coefficient (Wildman–Crippen LogP) is 2.91. The summed E-state index contributed by atoms with van der Waals surface area (Å²) in [4.78, 5) is 16.5. The van der Waals surface area contributed by atoms with Crippen LogP contribution in [0.25, 0.3) is 0 Å². The number of nitrogens with one attached hydrogen (secondary N) is 1. The van der Waals surface area contributed by atoms with Crippen LogP contribution in [0, 0.1) is 0 Å². The molecule has 1 N–H and O–H groups in total. The number of nitrogens with zero attached hydrogens (tertiary/aromatic N) is 2. The van der Waals surface area contributed by atoms with E-state index < -0.39 is 6.36 Å². The summed E-state index contributed by atoms with van der Waals surface area (Å²) in [6.07, 6.45) is 0.473. The lowest BCUT2D eigenvalue weighted by Gasteiger charge is -2.32. The minimum absolute atomic E-state index is 0.0892. The Balaban J connectivity index is 1.53. The zero-order chi connectivity index (χ0) is 17.2. The zero-order valence-electron chi connectivity index (χ0n) is 12.9. The Bertz CT molecular complexity index is 713. The lowest BCUT2D eigenvalue weighted by Crippen LogP contribution is -2.36. The van der Waals surface area contributed by atoms with E-state index in [0.717, 1.165) is 31.5 Å². The van der Waals surface area contributed by atoms with Crippen LogP contribution in [0.15, 0.2) is 41.5 Å². The fourth-order valence-corrected chi connectivity index (χ4v) is 3.03. The van der Waals surface area contributed by atoms with Crippen LogP contribution in [0.1, 0.15) is 24.4 Å². The summed E-state index contributed by atoms with van der Waals surface area (Å²) >= 11 is 0. The topological polar surface area (TPSA) is 50.3 Å². The highest BCUT2D eigenvalue weighted by atomic mass is 19.4. The molecule has 2 heterocycles. The second-order valence-corrected chi connectivity index (χ2v) is 5.87. The van der Waals surface area contributed by atoms with Gasteiger partial charge >= 0.3 is 12.1 Å². The van der Waals surface area contributed by atoms with Crippen molar-refractivity contribution in [3.63, 3.8) is 0 Å². The molecule has 0 spiro atoms. The van der Waals surface area contributed by atoms with Crippen LogP contribution in [-0.2, 0) is 6.54 Å². The molecule has 0 atom stereocenters. The summed E-state index contributed by atoms with van der Waals surface area (Å²) < 4.78 is 42.0. The van der Waals surface area contributed by atoms with Crippen LogP contribution < -0.4 is 10.4 Å². The maximum absolute atomic E-state index is 12.1. The second-order valence-electron chi connectivity index (χ2n) is 5.87. The fourth-order valence-electron chi connectivity index (χ4n) is 3.03. The van der Waals surface area contributed by atoms with Crippen molar-refractivity contribution < 1.29 is 17.9 Å². The molecule has 0 saturated carbocycles. The Morgan fingerprint density at radius 2 is 1.83 bits per heavy atom. The summed E-state index contributed by atoms with van der Waals surface area (Å²) in [5.74, 6) is -0.211. The molecule has 2 aromatic rings. The van der Waals surface area contributed by atoms with Gasteiger partial charge in [-0.2, -0.15) is 0 Å². The third-order valence-electron chi connectivity index (χ3n) is 4.19. The number of likely N-dealkylation sites (tertiary alicyclic amines) is 1. The second kappa shape index (κ2) is 6.72. The van der Waals surface area contributed by atoms with Crippen LogP contribution >= 0.6 is 0 Å². The van der Waals surface area contributed by atoms with E-state index in [2.05, 4.69) is 14.6 Å². The van der Waals surface area contributed by atoms with Gasteiger partial charge < -0.3 is 9.72 Å². The smallest absolute Gasteiger partial charge is 0.406 e. The molecule has 1 aromatic carbocycles. The van der Waals surface area contributed by atoms with Gasteiger partial charge in [0.25, 0.3) is 0 Å². The standard InChI is InChI=1S/C16H18F3N3O2/c17-16(18,19)24-14-3-1-12(2-4-14)11-21-8-5-13(6-9-21)22-10-7-20-15(22)23/h1-4,7,10,13H,5-6,8-9,11H2,(H,20,23). The summed E-state index contributed by atoms with van der Waals surface area (Å²) in [5.41, 5.74) is 0.843. The minimum atomic E-state index is -4.67. The summed E-state index contributed by atoms with van der Waals surface area (Å²) in [7, 11) is 0. The zero-order valence-corrected chi connectivity index (χ0v) is 12.9. The number of alkyl halides is 3. The van der Waals surface area contributed by atoms with Gasteiger partial charge in [-0.25, -0.2) is 4.79 Å². The van der Waals surface area contributed by atoms with Gasteiger partial charge in [-0.15, -0.1) is 13.2 Å². The summed E-state index contributed by atoms with van der Waals surface area (Å²) in [6.45, 7) is 2.34. The van der Waals surface area contributed by atoms with Crippen molar-refractivity contribution in [2.24, 2.45) is 0 Å². The normalized spacial score (nSPS) is 17.1. The van der Waals surface area contributed by atoms with Gasteiger partial charge in [-0.1, -0.05) is 12.1 Å². The Morgan fingerprint density at radius 3 is 2.38 bits per heavy atom. The number of imidazole rings is 1. The molecular formula is C16H18F3N3O2. The molecule has 8 heteroatoms. The molecule has 1 aliphatic heterocycles. The number of benzene rings is 1. The van der Waals surface area contributed by atoms with E-state index in [1.165, 1.54) is 12.1 Å². The van der Waals surface area contributed by atoms with Gasteiger partial charge in [0.05, 0.1) is 0 Å². The van der Waals surface area contributed by atoms with Gasteiger partial charge in [0.1, 0.15) is 5.75 Å².